The van der Waals surface area contributed by atoms with Crippen molar-refractivity contribution >= 4 is 15.8 Å². The van der Waals surface area contributed by atoms with Crippen molar-refractivity contribution in [3.63, 3.8) is 0 Å². The predicted molar refractivity (Wildman–Crippen MR) is 114 cm³/mol. The minimum atomic E-state index is -3.45. The third kappa shape index (κ3) is 5.10. The number of rotatable bonds is 5. The number of hydrogen-bond donors (Lipinski definition) is 0. The van der Waals surface area contributed by atoms with Crippen LogP contribution in [0.15, 0.2) is 23.2 Å². The molecule has 0 aromatic carbocycles. The highest BCUT2D eigenvalue weighted by atomic mass is 32.2. The fourth-order valence-corrected chi connectivity index (χ4v) is 5.95. The Labute approximate surface area is 175 Å². The first kappa shape index (κ1) is 21.0. The zero-order valence-electron chi connectivity index (χ0n) is 17.5. The van der Waals surface area contributed by atoms with Crippen molar-refractivity contribution < 1.29 is 13.2 Å². The first-order valence-electron chi connectivity index (χ1n) is 11.1. The topological polar surface area (TPSA) is 66.0 Å². The summed E-state index contributed by atoms with van der Waals surface area (Å²) in [6.07, 6.45) is 10.7. The fraction of sp³-hybridized carbons (Fsp3) is 0.762. The van der Waals surface area contributed by atoms with Gasteiger partial charge < -0.3 is 14.5 Å². The van der Waals surface area contributed by atoms with E-state index in [-0.39, 0.29) is 0 Å². The van der Waals surface area contributed by atoms with Gasteiger partial charge in [0.05, 0.1) is 12.2 Å². The number of piperidine rings is 1. The molecule has 0 spiro atoms. The molecule has 0 amide bonds. The maximum atomic E-state index is 12.9. The Morgan fingerprint density at radius 3 is 2.17 bits per heavy atom. The Bertz CT molecular complexity index is 749. The summed E-state index contributed by atoms with van der Waals surface area (Å²) in [4.78, 5) is 9.17. The zero-order chi connectivity index (χ0) is 20.3. The van der Waals surface area contributed by atoms with Crippen LogP contribution in [0.25, 0.3) is 0 Å². The van der Waals surface area contributed by atoms with Gasteiger partial charge in [0.15, 0.2) is 0 Å². The molecule has 8 heteroatoms. The molecule has 1 aromatic heterocycles. The number of pyridine rings is 1. The van der Waals surface area contributed by atoms with E-state index in [2.05, 4.69) is 14.8 Å². The van der Waals surface area contributed by atoms with Crippen LogP contribution in [-0.2, 0) is 14.8 Å². The fourth-order valence-electron chi connectivity index (χ4n) is 4.58. The van der Waals surface area contributed by atoms with Crippen LogP contribution in [-0.4, -0.2) is 81.1 Å². The van der Waals surface area contributed by atoms with Crippen molar-refractivity contribution in [2.24, 2.45) is 0 Å². The summed E-state index contributed by atoms with van der Waals surface area (Å²) in [6.45, 7) is 4.43. The molecule has 0 N–H and O–H groups in total. The van der Waals surface area contributed by atoms with Crippen LogP contribution in [0.3, 0.4) is 0 Å². The summed E-state index contributed by atoms with van der Waals surface area (Å²) < 4.78 is 33.6. The molecule has 162 valence electrons. The molecular weight excluding hydrogens is 388 g/mol. The van der Waals surface area contributed by atoms with Crippen LogP contribution in [0.5, 0.6) is 0 Å². The minimum Gasteiger partial charge on any atom is -0.375 e. The van der Waals surface area contributed by atoms with Gasteiger partial charge in [0.2, 0.25) is 10.0 Å². The van der Waals surface area contributed by atoms with E-state index in [1.807, 2.05) is 13.1 Å². The molecule has 2 saturated heterocycles. The summed E-state index contributed by atoms with van der Waals surface area (Å²) in [7, 11) is -1.43. The van der Waals surface area contributed by atoms with E-state index in [0.717, 1.165) is 44.8 Å². The lowest BCUT2D eigenvalue weighted by Crippen LogP contribution is -2.47. The standard InChI is InChI=1S/C21H34N4O3S/c1-23-13-15-25(16-14-23)29(26,27)20-7-8-21(22-17-20)24-11-9-19(10-12-24)28-18-5-3-2-4-6-18/h7-8,17-19H,2-6,9-16H2,1H3. The second-order valence-electron chi connectivity index (χ2n) is 8.64. The number of anilines is 1. The SMILES string of the molecule is CN1CCN(S(=O)(=O)c2ccc(N3CCC(OC4CCCCC4)CC3)nc2)CC1. The maximum Gasteiger partial charge on any atom is 0.244 e. The molecule has 1 saturated carbocycles. The van der Waals surface area contributed by atoms with Crippen molar-refractivity contribution in [1.82, 2.24) is 14.2 Å². The molecule has 0 unspecified atom stereocenters. The largest absolute Gasteiger partial charge is 0.375 e. The van der Waals surface area contributed by atoms with Gasteiger partial charge >= 0.3 is 0 Å². The van der Waals surface area contributed by atoms with Gasteiger partial charge in [-0.05, 0) is 44.9 Å². The van der Waals surface area contributed by atoms with Gasteiger partial charge in [0, 0.05) is 45.5 Å². The number of aromatic nitrogens is 1. The van der Waals surface area contributed by atoms with Crippen LogP contribution in [0.4, 0.5) is 5.82 Å². The Morgan fingerprint density at radius 2 is 1.55 bits per heavy atom. The van der Waals surface area contributed by atoms with E-state index in [1.165, 1.54) is 38.3 Å². The Balaban J connectivity index is 1.31. The highest BCUT2D eigenvalue weighted by Gasteiger charge is 2.28. The zero-order valence-corrected chi connectivity index (χ0v) is 18.3. The third-order valence-electron chi connectivity index (χ3n) is 6.52. The smallest absolute Gasteiger partial charge is 0.244 e. The van der Waals surface area contributed by atoms with Crippen LogP contribution >= 0.6 is 0 Å². The molecule has 0 radical (unpaired) electrons. The second-order valence-corrected chi connectivity index (χ2v) is 10.6. The van der Waals surface area contributed by atoms with Crippen LogP contribution < -0.4 is 4.90 Å². The summed E-state index contributed by atoms with van der Waals surface area (Å²) in [5, 5.41) is 0. The van der Waals surface area contributed by atoms with E-state index in [4.69, 9.17) is 4.74 Å². The summed E-state index contributed by atoms with van der Waals surface area (Å²) in [6, 6.07) is 3.56. The maximum absolute atomic E-state index is 12.9. The minimum absolute atomic E-state index is 0.293. The van der Waals surface area contributed by atoms with E-state index in [0.29, 0.717) is 30.2 Å². The molecule has 4 rings (SSSR count). The molecule has 3 aliphatic rings. The van der Waals surface area contributed by atoms with Crippen LogP contribution in [0.2, 0.25) is 0 Å². The molecule has 7 nitrogen and oxygen atoms in total. The molecule has 1 aliphatic carbocycles. The Kier molecular flexibility index (Phi) is 6.73. The summed E-state index contributed by atoms with van der Waals surface area (Å²) >= 11 is 0. The number of hydrogen-bond acceptors (Lipinski definition) is 6. The van der Waals surface area contributed by atoms with Crippen molar-refractivity contribution in [3.8, 4) is 0 Å². The molecule has 29 heavy (non-hydrogen) atoms. The molecule has 0 atom stereocenters. The van der Waals surface area contributed by atoms with E-state index in [9.17, 15) is 8.42 Å². The Morgan fingerprint density at radius 1 is 0.897 bits per heavy atom. The molecule has 3 heterocycles. The highest BCUT2D eigenvalue weighted by molar-refractivity contribution is 7.89. The van der Waals surface area contributed by atoms with Gasteiger partial charge in [-0.2, -0.15) is 4.31 Å². The lowest BCUT2D eigenvalue weighted by atomic mass is 9.97. The van der Waals surface area contributed by atoms with E-state index in [1.54, 1.807) is 10.4 Å². The first-order valence-corrected chi connectivity index (χ1v) is 12.5. The number of likely N-dealkylation sites (N-methyl/N-ethyl adjacent to an activating group) is 1. The third-order valence-corrected chi connectivity index (χ3v) is 8.41. The van der Waals surface area contributed by atoms with E-state index >= 15 is 0 Å². The average Bonchev–Trinajstić information content (AvgIpc) is 2.75. The number of piperazine rings is 1. The van der Waals surface area contributed by atoms with E-state index < -0.39 is 10.0 Å². The average molecular weight is 423 g/mol. The Hall–Kier alpha value is -1.22. The van der Waals surface area contributed by atoms with Crippen molar-refractivity contribution in [2.45, 2.75) is 62.0 Å². The molecule has 0 bridgehead atoms. The number of sulfonamides is 1. The van der Waals surface area contributed by atoms with Gasteiger partial charge in [0.25, 0.3) is 0 Å². The second kappa shape index (κ2) is 9.29. The van der Waals surface area contributed by atoms with Crippen LogP contribution in [0.1, 0.15) is 44.9 Å². The van der Waals surface area contributed by atoms with Gasteiger partial charge in [-0.3, -0.25) is 0 Å². The summed E-state index contributed by atoms with van der Waals surface area (Å²) in [5.41, 5.74) is 0. The van der Waals surface area contributed by atoms with Gasteiger partial charge in [-0.1, -0.05) is 19.3 Å². The molecule has 1 aromatic rings. The molecule has 3 fully saturated rings. The predicted octanol–water partition coefficient (Wildman–Crippen LogP) is 2.34. The van der Waals surface area contributed by atoms with Crippen LogP contribution in [0, 0.1) is 0 Å². The normalized spacial score (nSPS) is 24.1. The first-order chi connectivity index (χ1) is 14.0. The lowest BCUT2D eigenvalue weighted by molar-refractivity contribution is -0.0395. The highest BCUT2D eigenvalue weighted by Crippen LogP contribution is 2.26. The van der Waals surface area contributed by atoms with Crippen molar-refractivity contribution in [2.75, 3.05) is 51.2 Å². The lowest BCUT2D eigenvalue weighted by Gasteiger charge is -2.35. The van der Waals surface area contributed by atoms with Gasteiger partial charge in [-0.15, -0.1) is 0 Å². The number of ether oxygens (including phenoxy) is 1. The number of nitrogens with zero attached hydrogens (tertiary/aromatic N) is 4. The molecule has 2 aliphatic heterocycles. The van der Waals surface area contributed by atoms with Crippen molar-refractivity contribution in [3.05, 3.63) is 18.3 Å². The van der Waals surface area contributed by atoms with Gasteiger partial charge in [-0.25, -0.2) is 13.4 Å². The molecular formula is C21H34N4O3S. The van der Waals surface area contributed by atoms with Gasteiger partial charge in [0.1, 0.15) is 10.7 Å². The quantitative estimate of drug-likeness (QED) is 0.726. The monoisotopic (exact) mass is 422 g/mol. The van der Waals surface area contributed by atoms with Crippen molar-refractivity contribution in [1.29, 1.82) is 0 Å². The summed E-state index contributed by atoms with van der Waals surface area (Å²) in [5.74, 6) is 0.860.